The summed E-state index contributed by atoms with van der Waals surface area (Å²) >= 11 is 3.14. The highest BCUT2D eigenvalue weighted by molar-refractivity contribution is 8.00. The maximum absolute atomic E-state index is 12.3. The van der Waals surface area contributed by atoms with Gasteiger partial charge in [-0.15, -0.1) is 11.3 Å². The molecule has 1 atom stereocenters. The van der Waals surface area contributed by atoms with Gasteiger partial charge < -0.3 is 5.32 Å². The van der Waals surface area contributed by atoms with E-state index in [9.17, 15) is 4.79 Å². The number of fused-ring (bicyclic) bond motifs is 1. The van der Waals surface area contributed by atoms with Crippen LogP contribution in [0.1, 0.15) is 29.0 Å². The van der Waals surface area contributed by atoms with Crippen LogP contribution in [0.3, 0.4) is 0 Å². The Bertz CT molecular complexity index is 861. The number of hydrogen-bond donors (Lipinski definition) is 1. The first-order valence-corrected chi connectivity index (χ1v) is 9.54. The highest BCUT2D eigenvalue weighted by atomic mass is 32.2. The van der Waals surface area contributed by atoms with Crippen LogP contribution in [0, 0.1) is 13.8 Å². The van der Waals surface area contributed by atoms with Gasteiger partial charge in [-0.25, -0.2) is 9.97 Å². The standard InChI is InChI=1S/C18H19N3OS2/c1-11-13(3)24-18-16(11)17(19-10-20-18)23-9-15(22)21-12(2)14-7-5-4-6-8-14/h4-8,10,12H,9H2,1-3H3,(H,21,22). The number of carbonyl (C=O) groups is 1. The van der Waals surface area contributed by atoms with E-state index in [1.165, 1.54) is 22.2 Å². The van der Waals surface area contributed by atoms with Crippen molar-refractivity contribution in [1.82, 2.24) is 15.3 Å². The SMILES string of the molecule is Cc1sc2ncnc(SCC(=O)NC(C)c3ccccc3)c2c1C. The minimum absolute atomic E-state index is 0.00477. The molecule has 0 fully saturated rings. The van der Waals surface area contributed by atoms with E-state index in [2.05, 4.69) is 29.1 Å². The van der Waals surface area contributed by atoms with Gasteiger partial charge in [0.05, 0.1) is 11.8 Å². The Labute approximate surface area is 149 Å². The number of thiophene rings is 1. The fourth-order valence-electron chi connectivity index (χ4n) is 2.50. The minimum Gasteiger partial charge on any atom is -0.349 e. The molecule has 0 saturated carbocycles. The molecular weight excluding hydrogens is 338 g/mol. The molecule has 1 N–H and O–H groups in total. The van der Waals surface area contributed by atoms with E-state index in [1.54, 1.807) is 17.7 Å². The van der Waals surface area contributed by atoms with Crippen LogP contribution < -0.4 is 5.32 Å². The molecule has 1 aromatic carbocycles. The molecule has 0 saturated heterocycles. The van der Waals surface area contributed by atoms with Crippen molar-refractivity contribution in [3.05, 3.63) is 52.7 Å². The number of aryl methyl sites for hydroxylation is 2. The van der Waals surface area contributed by atoms with Gasteiger partial charge in [0.25, 0.3) is 0 Å². The highest BCUT2D eigenvalue weighted by Gasteiger charge is 2.14. The summed E-state index contributed by atoms with van der Waals surface area (Å²) in [7, 11) is 0. The van der Waals surface area contributed by atoms with Gasteiger partial charge in [-0.05, 0) is 31.9 Å². The van der Waals surface area contributed by atoms with Crippen LogP contribution in [0.25, 0.3) is 10.2 Å². The Hall–Kier alpha value is -1.92. The van der Waals surface area contributed by atoms with E-state index in [0.29, 0.717) is 5.75 Å². The van der Waals surface area contributed by atoms with E-state index >= 15 is 0 Å². The van der Waals surface area contributed by atoms with Gasteiger partial charge in [0.2, 0.25) is 5.91 Å². The smallest absolute Gasteiger partial charge is 0.230 e. The van der Waals surface area contributed by atoms with E-state index in [0.717, 1.165) is 20.8 Å². The van der Waals surface area contributed by atoms with Crippen molar-refractivity contribution in [2.24, 2.45) is 0 Å². The molecule has 1 unspecified atom stereocenters. The number of rotatable bonds is 5. The summed E-state index contributed by atoms with van der Waals surface area (Å²) in [6.07, 6.45) is 1.57. The summed E-state index contributed by atoms with van der Waals surface area (Å²) < 4.78 is 0. The fourth-order valence-corrected chi connectivity index (χ4v) is 4.43. The van der Waals surface area contributed by atoms with Crippen molar-refractivity contribution in [3.8, 4) is 0 Å². The third kappa shape index (κ3) is 3.60. The van der Waals surface area contributed by atoms with Gasteiger partial charge in [-0.2, -0.15) is 0 Å². The lowest BCUT2D eigenvalue weighted by Crippen LogP contribution is -2.28. The monoisotopic (exact) mass is 357 g/mol. The Morgan fingerprint density at radius 1 is 1.25 bits per heavy atom. The number of nitrogens with zero attached hydrogens (tertiary/aromatic N) is 2. The van der Waals surface area contributed by atoms with Crippen molar-refractivity contribution in [2.75, 3.05) is 5.75 Å². The summed E-state index contributed by atoms with van der Waals surface area (Å²) in [4.78, 5) is 23.2. The molecule has 24 heavy (non-hydrogen) atoms. The molecule has 124 valence electrons. The van der Waals surface area contributed by atoms with Gasteiger partial charge in [0, 0.05) is 10.3 Å². The predicted octanol–water partition coefficient (Wildman–Crippen LogP) is 4.28. The third-order valence-electron chi connectivity index (χ3n) is 3.95. The predicted molar refractivity (Wildman–Crippen MR) is 101 cm³/mol. The topological polar surface area (TPSA) is 54.9 Å². The van der Waals surface area contributed by atoms with Gasteiger partial charge in [0.15, 0.2) is 0 Å². The molecule has 3 rings (SSSR count). The number of carbonyl (C=O) groups excluding carboxylic acids is 1. The molecule has 0 aliphatic heterocycles. The average Bonchev–Trinajstić information content (AvgIpc) is 2.89. The number of thioether (sulfide) groups is 1. The first kappa shape index (κ1) is 16.9. The summed E-state index contributed by atoms with van der Waals surface area (Å²) in [5, 5.41) is 4.99. The van der Waals surface area contributed by atoms with Crippen LogP contribution in [0.15, 0.2) is 41.7 Å². The van der Waals surface area contributed by atoms with E-state index in [1.807, 2.05) is 37.3 Å². The molecule has 0 bridgehead atoms. The van der Waals surface area contributed by atoms with Crippen molar-refractivity contribution >= 4 is 39.2 Å². The maximum atomic E-state index is 12.3. The highest BCUT2D eigenvalue weighted by Crippen LogP contribution is 2.34. The van der Waals surface area contributed by atoms with E-state index in [4.69, 9.17) is 0 Å². The normalized spacial score (nSPS) is 12.3. The molecule has 1 amide bonds. The minimum atomic E-state index is -0.00477. The van der Waals surface area contributed by atoms with Gasteiger partial charge >= 0.3 is 0 Å². The van der Waals surface area contributed by atoms with Gasteiger partial charge in [-0.3, -0.25) is 4.79 Å². The molecule has 0 aliphatic carbocycles. The molecule has 2 aromatic heterocycles. The first-order valence-electron chi connectivity index (χ1n) is 7.74. The molecule has 2 heterocycles. The Kier molecular flexibility index (Phi) is 5.16. The lowest BCUT2D eigenvalue weighted by molar-refractivity contribution is -0.119. The Morgan fingerprint density at radius 3 is 2.75 bits per heavy atom. The quantitative estimate of drug-likeness (QED) is 0.547. The Morgan fingerprint density at radius 2 is 2.00 bits per heavy atom. The van der Waals surface area contributed by atoms with Crippen molar-refractivity contribution in [2.45, 2.75) is 31.8 Å². The van der Waals surface area contributed by atoms with Crippen molar-refractivity contribution in [1.29, 1.82) is 0 Å². The summed E-state index contributed by atoms with van der Waals surface area (Å²) in [6, 6.07) is 9.96. The summed E-state index contributed by atoms with van der Waals surface area (Å²) in [6.45, 7) is 6.16. The van der Waals surface area contributed by atoms with Gasteiger partial charge in [-0.1, -0.05) is 42.1 Å². The van der Waals surface area contributed by atoms with Crippen LogP contribution in [0.2, 0.25) is 0 Å². The zero-order chi connectivity index (χ0) is 17.1. The molecule has 4 nitrogen and oxygen atoms in total. The van der Waals surface area contributed by atoms with Crippen molar-refractivity contribution < 1.29 is 4.79 Å². The summed E-state index contributed by atoms with van der Waals surface area (Å²) in [5.41, 5.74) is 2.31. The van der Waals surface area contributed by atoms with E-state index < -0.39 is 0 Å². The molecule has 3 aromatic rings. The number of nitrogens with one attached hydrogen (secondary N) is 1. The number of amides is 1. The maximum Gasteiger partial charge on any atom is 0.230 e. The molecule has 0 aliphatic rings. The zero-order valence-corrected chi connectivity index (χ0v) is 15.5. The second-order valence-electron chi connectivity index (χ2n) is 5.63. The van der Waals surface area contributed by atoms with Crippen LogP contribution >= 0.6 is 23.1 Å². The molecule has 0 radical (unpaired) electrons. The third-order valence-corrected chi connectivity index (χ3v) is 6.05. The van der Waals surface area contributed by atoms with Crippen LogP contribution in [0.4, 0.5) is 0 Å². The number of aromatic nitrogens is 2. The van der Waals surface area contributed by atoms with E-state index in [-0.39, 0.29) is 11.9 Å². The molecule has 6 heteroatoms. The lowest BCUT2D eigenvalue weighted by Gasteiger charge is -2.14. The largest absolute Gasteiger partial charge is 0.349 e. The van der Waals surface area contributed by atoms with Crippen LogP contribution in [-0.2, 0) is 4.79 Å². The zero-order valence-electron chi connectivity index (χ0n) is 13.9. The second-order valence-corrected chi connectivity index (χ2v) is 7.80. The van der Waals surface area contributed by atoms with Crippen molar-refractivity contribution in [3.63, 3.8) is 0 Å². The second kappa shape index (κ2) is 7.32. The first-order chi connectivity index (χ1) is 11.6. The number of benzene rings is 1. The van der Waals surface area contributed by atoms with Gasteiger partial charge in [0.1, 0.15) is 16.2 Å². The summed E-state index contributed by atoms with van der Waals surface area (Å²) in [5.74, 6) is 0.352. The number of hydrogen-bond acceptors (Lipinski definition) is 5. The molecular formula is C18H19N3OS2. The average molecular weight is 358 g/mol. The lowest BCUT2D eigenvalue weighted by atomic mass is 10.1. The van der Waals surface area contributed by atoms with Crippen LogP contribution in [-0.4, -0.2) is 21.6 Å². The Balaban J connectivity index is 1.67. The fraction of sp³-hybridized carbons (Fsp3) is 0.278. The van der Waals surface area contributed by atoms with Crippen LogP contribution in [0.5, 0.6) is 0 Å². The molecule has 0 spiro atoms.